The van der Waals surface area contributed by atoms with Crippen LogP contribution in [-0.4, -0.2) is 11.9 Å². The highest BCUT2D eigenvalue weighted by Crippen LogP contribution is 2.24. The smallest absolute Gasteiger partial charge is 0.363 e. The van der Waals surface area contributed by atoms with Crippen LogP contribution in [0.1, 0.15) is 16.0 Å². The molecule has 0 amide bonds. The highest BCUT2D eigenvalue weighted by atomic mass is 35.5. The number of rotatable bonds is 2. The van der Waals surface area contributed by atoms with Crippen molar-refractivity contribution >= 4 is 40.9 Å². The first kappa shape index (κ1) is 13.1. The SMILES string of the molecule is Cc1ccsc1/C=C1\N=C(c2ccc(Cl)cc2)OC1=O. The summed E-state index contributed by atoms with van der Waals surface area (Å²) in [5.74, 6) is -0.116. The summed E-state index contributed by atoms with van der Waals surface area (Å²) in [7, 11) is 0. The highest BCUT2D eigenvalue weighted by Gasteiger charge is 2.24. The van der Waals surface area contributed by atoms with Crippen molar-refractivity contribution in [2.45, 2.75) is 6.92 Å². The van der Waals surface area contributed by atoms with Crippen molar-refractivity contribution < 1.29 is 9.53 Å². The fraction of sp³-hybridized carbons (Fsp3) is 0.0667. The Kier molecular flexibility index (Phi) is 3.42. The minimum atomic E-state index is -0.428. The van der Waals surface area contributed by atoms with Gasteiger partial charge >= 0.3 is 5.97 Å². The van der Waals surface area contributed by atoms with Gasteiger partial charge in [-0.05, 0) is 54.3 Å². The molecule has 0 aliphatic carbocycles. The molecule has 2 aromatic rings. The first-order chi connectivity index (χ1) is 9.63. The number of carbonyl (C=O) groups is 1. The van der Waals surface area contributed by atoms with Crippen LogP contribution in [-0.2, 0) is 9.53 Å². The van der Waals surface area contributed by atoms with Gasteiger partial charge in [0.2, 0.25) is 5.90 Å². The number of carbonyl (C=O) groups excluding carboxylic acids is 1. The molecule has 1 aromatic carbocycles. The van der Waals surface area contributed by atoms with Gasteiger partial charge in [-0.2, -0.15) is 0 Å². The number of thiophene rings is 1. The topological polar surface area (TPSA) is 38.7 Å². The average molecular weight is 304 g/mol. The first-order valence-corrected chi connectivity index (χ1v) is 7.22. The molecule has 0 radical (unpaired) electrons. The number of hydrogen-bond donors (Lipinski definition) is 0. The predicted octanol–water partition coefficient (Wildman–Crippen LogP) is 4.05. The molecule has 0 N–H and O–H groups in total. The zero-order chi connectivity index (χ0) is 14.1. The number of halogens is 1. The van der Waals surface area contributed by atoms with Crippen LogP contribution in [0.5, 0.6) is 0 Å². The number of aliphatic imine (C=N–C) groups is 1. The molecule has 100 valence electrons. The number of aryl methyl sites for hydroxylation is 1. The molecule has 0 spiro atoms. The molecule has 3 rings (SSSR count). The molecule has 5 heteroatoms. The number of cyclic esters (lactones) is 1. The van der Waals surface area contributed by atoms with E-state index in [1.807, 2.05) is 18.4 Å². The Morgan fingerprint density at radius 3 is 2.65 bits per heavy atom. The molecule has 0 bridgehead atoms. The summed E-state index contributed by atoms with van der Waals surface area (Å²) in [6, 6.07) is 9.01. The van der Waals surface area contributed by atoms with Gasteiger partial charge in [-0.25, -0.2) is 9.79 Å². The normalized spacial score (nSPS) is 16.4. The van der Waals surface area contributed by atoms with E-state index in [4.69, 9.17) is 16.3 Å². The molecule has 1 aliphatic rings. The van der Waals surface area contributed by atoms with Crippen LogP contribution in [0.15, 0.2) is 46.4 Å². The monoisotopic (exact) mass is 303 g/mol. The van der Waals surface area contributed by atoms with Crippen LogP contribution < -0.4 is 0 Å². The van der Waals surface area contributed by atoms with Crippen molar-refractivity contribution in [3.05, 3.63) is 62.4 Å². The lowest BCUT2D eigenvalue weighted by molar-refractivity contribution is -0.129. The van der Waals surface area contributed by atoms with Crippen LogP contribution in [0, 0.1) is 6.92 Å². The maximum absolute atomic E-state index is 11.8. The summed E-state index contributed by atoms with van der Waals surface area (Å²) >= 11 is 7.40. The van der Waals surface area contributed by atoms with Gasteiger partial charge in [0.1, 0.15) is 0 Å². The van der Waals surface area contributed by atoms with E-state index in [1.165, 1.54) is 0 Å². The summed E-state index contributed by atoms with van der Waals surface area (Å²) in [6.45, 7) is 1.99. The molecule has 1 aliphatic heterocycles. The fourth-order valence-corrected chi connectivity index (χ4v) is 2.76. The lowest BCUT2D eigenvalue weighted by Gasteiger charge is -1.98. The predicted molar refractivity (Wildman–Crippen MR) is 81.1 cm³/mol. The van der Waals surface area contributed by atoms with Crippen LogP contribution in [0.4, 0.5) is 0 Å². The van der Waals surface area contributed by atoms with Gasteiger partial charge in [0.25, 0.3) is 0 Å². The Morgan fingerprint density at radius 2 is 2.00 bits per heavy atom. The van der Waals surface area contributed by atoms with Gasteiger partial charge in [0, 0.05) is 15.5 Å². The number of esters is 1. The molecule has 0 saturated heterocycles. The zero-order valence-corrected chi connectivity index (χ0v) is 12.2. The maximum atomic E-state index is 11.8. The summed E-state index contributed by atoms with van der Waals surface area (Å²) in [5.41, 5.74) is 2.17. The first-order valence-electron chi connectivity index (χ1n) is 5.96. The van der Waals surface area contributed by atoms with Gasteiger partial charge in [-0.15, -0.1) is 11.3 Å². The molecule has 0 fully saturated rings. The van der Waals surface area contributed by atoms with Gasteiger partial charge < -0.3 is 4.74 Å². The Balaban J connectivity index is 1.95. The molecule has 1 aromatic heterocycles. The molecule has 0 saturated carbocycles. The lowest BCUT2D eigenvalue weighted by Crippen LogP contribution is -2.05. The second-order valence-corrected chi connectivity index (χ2v) is 5.69. The highest BCUT2D eigenvalue weighted by molar-refractivity contribution is 7.11. The van der Waals surface area contributed by atoms with Crippen LogP contribution >= 0.6 is 22.9 Å². The molecule has 0 unspecified atom stereocenters. The molecular formula is C15H10ClNO2S. The third-order valence-corrected chi connectivity index (χ3v) is 4.10. The van der Waals surface area contributed by atoms with Crippen molar-refractivity contribution in [2.24, 2.45) is 4.99 Å². The number of hydrogen-bond acceptors (Lipinski definition) is 4. The standard InChI is InChI=1S/C15H10ClNO2S/c1-9-6-7-20-13(9)8-12-15(18)19-14(17-12)10-2-4-11(16)5-3-10/h2-8H,1H3/b12-8-. The van der Waals surface area contributed by atoms with E-state index in [2.05, 4.69) is 4.99 Å². The third kappa shape index (κ3) is 2.53. The quantitative estimate of drug-likeness (QED) is 0.620. The number of nitrogens with zero attached hydrogens (tertiary/aromatic N) is 1. The minimum absolute atomic E-state index is 0.312. The van der Waals surface area contributed by atoms with Gasteiger partial charge in [-0.1, -0.05) is 11.6 Å². The van der Waals surface area contributed by atoms with Gasteiger partial charge in [0.15, 0.2) is 5.70 Å². The molecular weight excluding hydrogens is 294 g/mol. The maximum Gasteiger partial charge on any atom is 0.363 e. The van der Waals surface area contributed by atoms with Crippen LogP contribution in [0.3, 0.4) is 0 Å². The van der Waals surface area contributed by atoms with E-state index in [-0.39, 0.29) is 0 Å². The molecule has 2 heterocycles. The van der Waals surface area contributed by atoms with E-state index >= 15 is 0 Å². The summed E-state index contributed by atoms with van der Waals surface area (Å²) in [6.07, 6.45) is 1.76. The van der Waals surface area contributed by atoms with Crippen LogP contribution in [0.2, 0.25) is 5.02 Å². The van der Waals surface area contributed by atoms with Gasteiger partial charge in [0.05, 0.1) is 0 Å². The van der Waals surface area contributed by atoms with E-state index in [9.17, 15) is 4.79 Å². The van der Waals surface area contributed by atoms with Gasteiger partial charge in [-0.3, -0.25) is 0 Å². The van der Waals surface area contributed by atoms with Crippen molar-refractivity contribution in [1.29, 1.82) is 0 Å². The Bertz CT molecular complexity index is 729. The van der Waals surface area contributed by atoms with E-state index < -0.39 is 5.97 Å². The van der Waals surface area contributed by atoms with E-state index in [0.717, 1.165) is 16.0 Å². The zero-order valence-electron chi connectivity index (χ0n) is 10.6. The second kappa shape index (κ2) is 5.23. The lowest BCUT2D eigenvalue weighted by atomic mass is 10.2. The second-order valence-electron chi connectivity index (χ2n) is 4.31. The minimum Gasteiger partial charge on any atom is -0.402 e. The summed E-state index contributed by atoms with van der Waals surface area (Å²) in [4.78, 5) is 17.1. The Morgan fingerprint density at radius 1 is 1.25 bits per heavy atom. The van der Waals surface area contributed by atoms with E-state index in [1.54, 1.807) is 41.7 Å². The summed E-state index contributed by atoms with van der Waals surface area (Å²) < 4.78 is 5.19. The van der Waals surface area contributed by atoms with E-state index in [0.29, 0.717) is 16.6 Å². The number of benzene rings is 1. The third-order valence-electron chi connectivity index (χ3n) is 2.88. The largest absolute Gasteiger partial charge is 0.402 e. The molecule has 20 heavy (non-hydrogen) atoms. The van der Waals surface area contributed by atoms with Crippen LogP contribution in [0.25, 0.3) is 6.08 Å². The molecule has 3 nitrogen and oxygen atoms in total. The van der Waals surface area contributed by atoms with Crippen molar-refractivity contribution in [2.75, 3.05) is 0 Å². The average Bonchev–Trinajstić information content (AvgIpc) is 2.99. The fourth-order valence-electron chi connectivity index (χ4n) is 1.78. The van der Waals surface area contributed by atoms with Crippen molar-refractivity contribution in [3.8, 4) is 0 Å². The van der Waals surface area contributed by atoms with Crippen molar-refractivity contribution in [3.63, 3.8) is 0 Å². The van der Waals surface area contributed by atoms with Crippen molar-refractivity contribution in [1.82, 2.24) is 0 Å². The summed E-state index contributed by atoms with van der Waals surface area (Å²) in [5, 5.41) is 2.61. The Labute approximate surface area is 125 Å². The Hall–Kier alpha value is -1.91. The number of ether oxygens (including phenoxy) is 1. The molecule has 0 atom stereocenters.